The summed E-state index contributed by atoms with van der Waals surface area (Å²) in [7, 11) is 0. The first-order chi connectivity index (χ1) is 13.6. The fourth-order valence-electron chi connectivity index (χ4n) is 3.60. The maximum atomic E-state index is 12.6. The van der Waals surface area contributed by atoms with Gasteiger partial charge in [-0.15, -0.1) is 0 Å². The molecule has 4 rings (SSSR count). The van der Waals surface area contributed by atoms with E-state index >= 15 is 0 Å². The quantitative estimate of drug-likeness (QED) is 0.662. The van der Waals surface area contributed by atoms with Gasteiger partial charge in [0.15, 0.2) is 0 Å². The van der Waals surface area contributed by atoms with Gasteiger partial charge in [-0.2, -0.15) is 5.10 Å². The predicted molar refractivity (Wildman–Crippen MR) is 111 cm³/mol. The van der Waals surface area contributed by atoms with Crippen molar-refractivity contribution in [2.24, 2.45) is 5.10 Å². The fraction of sp³-hybridized carbons (Fsp3) is 0.273. The Morgan fingerprint density at radius 1 is 1.14 bits per heavy atom. The van der Waals surface area contributed by atoms with Crippen LogP contribution in [0.25, 0.3) is 11.0 Å². The molecule has 0 bridgehead atoms. The molecule has 0 aliphatic carbocycles. The first kappa shape index (κ1) is 18.1. The van der Waals surface area contributed by atoms with Crippen LogP contribution in [0.15, 0.2) is 62.8 Å². The Morgan fingerprint density at radius 2 is 1.89 bits per heavy atom. The van der Waals surface area contributed by atoms with E-state index in [4.69, 9.17) is 4.42 Å². The molecular weight excluding hydrogens is 354 g/mol. The van der Waals surface area contributed by atoms with Gasteiger partial charge in [0.2, 0.25) is 0 Å². The van der Waals surface area contributed by atoms with E-state index < -0.39 is 0 Å². The number of rotatable bonds is 5. The second-order valence-electron chi connectivity index (χ2n) is 6.88. The summed E-state index contributed by atoms with van der Waals surface area (Å²) in [5.41, 5.74) is 6.49. The first-order valence-corrected chi connectivity index (χ1v) is 9.53. The van der Waals surface area contributed by atoms with Crippen molar-refractivity contribution in [1.82, 2.24) is 5.43 Å². The molecular formula is C22H23N3O3. The standard InChI is InChI=1S/C22H23N3O3/c1-3-25(4-2)16-8-5-15-11-18(22(27)28-21(15)12-16)20-13-19(23-24-20)14-6-9-17(26)10-7-14/h5-12,19,23,26H,3-4,13H2,1-2H3. The molecule has 2 heterocycles. The molecule has 6 nitrogen and oxygen atoms in total. The number of nitrogens with zero attached hydrogens (tertiary/aromatic N) is 2. The van der Waals surface area contributed by atoms with Gasteiger partial charge in [-0.25, -0.2) is 4.79 Å². The Labute approximate surface area is 163 Å². The number of anilines is 1. The summed E-state index contributed by atoms with van der Waals surface area (Å²) >= 11 is 0. The number of aromatic hydroxyl groups is 1. The highest BCUT2D eigenvalue weighted by atomic mass is 16.4. The zero-order valence-electron chi connectivity index (χ0n) is 16.0. The number of fused-ring (bicyclic) bond motifs is 1. The number of hydrogen-bond acceptors (Lipinski definition) is 6. The molecule has 0 radical (unpaired) electrons. The van der Waals surface area contributed by atoms with Crippen LogP contribution in [0.3, 0.4) is 0 Å². The van der Waals surface area contributed by atoms with Crippen molar-refractivity contribution >= 4 is 22.4 Å². The zero-order chi connectivity index (χ0) is 19.7. The highest BCUT2D eigenvalue weighted by molar-refractivity contribution is 6.03. The Balaban J connectivity index is 1.62. The third-order valence-corrected chi connectivity index (χ3v) is 5.21. The average molecular weight is 377 g/mol. The summed E-state index contributed by atoms with van der Waals surface area (Å²) in [5, 5.41) is 14.7. The van der Waals surface area contributed by atoms with Crippen molar-refractivity contribution in [1.29, 1.82) is 0 Å². The highest BCUT2D eigenvalue weighted by Gasteiger charge is 2.24. The Hall–Kier alpha value is -3.28. The number of hydrogen-bond donors (Lipinski definition) is 2. The summed E-state index contributed by atoms with van der Waals surface area (Å²) < 4.78 is 5.62. The second-order valence-corrected chi connectivity index (χ2v) is 6.88. The number of phenols is 1. The van der Waals surface area contributed by atoms with Gasteiger partial charge in [0.1, 0.15) is 11.3 Å². The number of nitrogens with one attached hydrogen (secondary N) is 1. The maximum Gasteiger partial charge on any atom is 0.345 e. The maximum absolute atomic E-state index is 12.6. The molecule has 1 aliphatic heterocycles. The second kappa shape index (κ2) is 7.38. The van der Waals surface area contributed by atoms with Gasteiger partial charge in [-0.1, -0.05) is 12.1 Å². The molecule has 144 valence electrons. The molecule has 1 unspecified atom stereocenters. The van der Waals surface area contributed by atoms with Crippen LogP contribution in [0.1, 0.15) is 37.4 Å². The smallest absolute Gasteiger partial charge is 0.345 e. The SMILES string of the molecule is CCN(CC)c1ccc2cc(C3=NNC(c4ccc(O)cc4)C3)c(=O)oc2c1. The predicted octanol–water partition coefficient (Wildman–Crippen LogP) is 3.78. The molecule has 6 heteroatoms. The van der Waals surface area contributed by atoms with Crippen molar-refractivity contribution in [3.05, 3.63) is 70.1 Å². The van der Waals surface area contributed by atoms with Gasteiger partial charge in [-0.3, -0.25) is 0 Å². The van der Waals surface area contributed by atoms with Crippen LogP contribution in [0.2, 0.25) is 0 Å². The Bertz CT molecular complexity index is 1080. The van der Waals surface area contributed by atoms with Crippen molar-refractivity contribution in [2.75, 3.05) is 18.0 Å². The summed E-state index contributed by atoms with van der Waals surface area (Å²) in [4.78, 5) is 14.8. The lowest BCUT2D eigenvalue weighted by Gasteiger charge is -2.21. The minimum absolute atomic E-state index is 0.0317. The lowest BCUT2D eigenvalue weighted by atomic mass is 9.99. The lowest BCUT2D eigenvalue weighted by Crippen LogP contribution is -2.21. The van der Waals surface area contributed by atoms with Crippen molar-refractivity contribution < 1.29 is 9.52 Å². The average Bonchev–Trinajstić information content (AvgIpc) is 3.19. The van der Waals surface area contributed by atoms with E-state index in [1.807, 2.05) is 36.4 Å². The van der Waals surface area contributed by atoms with Gasteiger partial charge in [-0.05, 0) is 49.7 Å². The molecule has 2 aromatic carbocycles. The van der Waals surface area contributed by atoms with Crippen LogP contribution < -0.4 is 16.0 Å². The number of phenolic OH excluding ortho intramolecular Hbond substituents is 1. The van der Waals surface area contributed by atoms with Gasteiger partial charge in [0, 0.05) is 36.7 Å². The van der Waals surface area contributed by atoms with E-state index in [9.17, 15) is 9.90 Å². The van der Waals surface area contributed by atoms with E-state index in [0.29, 0.717) is 23.3 Å². The van der Waals surface area contributed by atoms with Crippen molar-refractivity contribution in [3.63, 3.8) is 0 Å². The Morgan fingerprint density at radius 3 is 2.61 bits per heavy atom. The van der Waals surface area contributed by atoms with E-state index in [-0.39, 0.29) is 17.4 Å². The summed E-state index contributed by atoms with van der Waals surface area (Å²) in [6.45, 7) is 5.99. The molecule has 1 aliphatic rings. The lowest BCUT2D eigenvalue weighted by molar-refractivity contribution is 0.474. The summed E-state index contributed by atoms with van der Waals surface area (Å²) in [6.07, 6.45) is 0.582. The van der Waals surface area contributed by atoms with Crippen molar-refractivity contribution in [3.8, 4) is 5.75 Å². The Kier molecular flexibility index (Phi) is 4.77. The monoisotopic (exact) mass is 377 g/mol. The van der Waals surface area contributed by atoms with Gasteiger partial charge < -0.3 is 19.8 Å². The highest BCUT2D eigenvalue weighted by Crippen LogP contribution is 2.27. The third kappa shape index (κ3) is 3.33. The minimum Gasteiger partial charge on any atom is -0.508 e. The zero-order valence-corrected chi connectivity index (χ0v) is 16.0. The van der Waals surface area contributed by atoms with Crippen LogP contribution in [0, 0.1) is 0 Å². The molecule has 0 fully saturated rings. The van der Waals surface area contributed by atoms with E-state index in [0.717, 1.165) is 29.7 Å². The number of benzene rings is 2. The van der Waals surface area contributed by atoms with Gasteiger partial charge in [0.05, 0.1) is 17.3 Å². The summed E-state index contributed by atoms with van der Waals surface area (Å²) in [5.74, 6) is 0.224. The molecule has 28 heavy (non-hydrogen) atoms. The third-order valence-electron chi connectivity index (χ3n) is 5.21. The molecule has 1 atom stereocenters. The van der Waals surface area contributed by atoms with Crippen molar-refractivity contribution in [2.45, 2.75) is 26.3 Å². The molecule has 1 aromatic heterocycles. The largest absolute Gasteiger partial charge is 0.508 e. The van der Waals surface area contributed by atoms with Gasteiger partial charge >= 0.3 is 5.63 Å². The molecule has 0 saturated carbocycles. The molecule has 3 aromatic rings. The minimum atomic E-state index is -0.379. The first-order valence-electron chi connectivity index (χ1n) is 9.53. The normalized spacial score (nSPS) is 16.1. The van der Waals surface area contributed by atoms with Gasteiger partial charge in [0.25, 0.3) is 0 Å². The number of hydrazone groups is 1. The molecule has 2 N–H and O–H groups in total. The van der Waals surface area contributed by atoms with Crippen LogP contribution >= 0.6 is 0 Å². The topological polar surface area (TPSA) is 78.1 Å². The molecule has 0 saturated heterocycles. The van der Waals surface area contributed by atoms with Crippen LogP contribution in [0.4, 0.5) is 5.69 Å². The van der Waals surface area contributed by atoms with Crippen LogP contribution in [-0.4, -0.2) is 23.9 Å². The summed E-state index contributed by atoms with van der Waals surface area (Å²) in [6, 6.07) is 14.8. The van der Waals surface area contributed by atoms with E-state index in [1.54, 1.807) is 12.1 Å². The van der Waals surface area contributed by atoms with Crippen LogP contribution in [0.5, 0.6) is 5.75 Å². The van der Waals surface area contributed by atoms with Crippen LogP contribution in [-0.2, 0) is 0 Å². The molecule has 0 spiro atoms. The fourth-order valence-corrected chi connectivity index (χ4v) is 3.60. The van der Waals surface area contributed by atoms with E-state index in [1.165, 1.54) is 0 Å². The molecule has 0 amide bonds. The van der Waals surface area contributed by atoms with E-state index in [2.05, 4.69) is 29.3 Å².